The third-order valence-electron chi connectivity index (χ3n) is 2.65. The maximum Gasteiger partial charge on any atom is 0.123 e. The van der Waals surface area contributed by atoms with E-state index in [1.54, 1.807) is 6.07 Å². The lowest BCUT2D eigenvalue weighted by molar-refractivity contribution is 0.618. The Morgan fingerprint density at radius 2 is 1.82 bits per heavy atom. The van der Waals surface area contributed by atoms with Gasteiger partial charge in [-0.15, -0.1) is 0 Å². The van der Waals surface area contributed by atoms with Crippen LogP contribution in [0.2, 0.25) is 5.02 Å². The molecule has 1 nitrogen and oxygen atoms in total. The smallest absolute Gasteiger partial charge is 0.123 e. The highest BCUT2D eigenvalue weighted by molar-refractivity contribution is 6.30. The minimum Gasteiger partial charge on any atom is -0.324 e. The van der Waals surface area contributed by atoms with Crippen molar-refractivity contribution in [3.8, 4) is 0 Å². The molecule has 17 heavy (non-hydrogen) atoms. The van der Waals surface area contributed by atoms with E-state index in [-0.39, 0.29) is 11.9 Å². The van der Waals surface area contributed by atoms with E-state index in [9.17, 15) is 4.39 Å². The molecule has 0 heterocycles. The summed E-state index contributed by atoms with van der Waals surface area (Å²) < 4.78 is 13.0. The maximum absolute atomic E-state index is 13.0. The largest absolute Gasteiger partial charge is 0.324 e. The van der Waals surface area contributed by atoms with Gasteiger partial charge in [0.2, 0.25) is 0 Å². The highest BCUT2D eigenvalue weighted by Gasteiger charge is 2.07. The predicted molar refractivity (Wildman–Crippen MR) is 68.5 cm³/mol. The quantitative estimate of drug-likeness (QED) is 0.882. The number of rotatable bonds is 3. The Balaban J connectivity index is 2.11. The lowest BCUT2D eigenvalue weighted by Crippen LogP contribution is -2.13. The van der Waals surface area contributed by atoms with Gasteiger partial charge in [0.05, 0.1) is 0 Å². The molecule has 88 valence electrons. The van der Waals surface area contributed by atoms with Gasteiger partial charge in [-0.05, 0) is 41.8 Å². The summed E-state index contributed by atoms with van der Waals surface area (Å²) >= 11 is 5.81. The van der Waals surface area contributed by atoms with Crippen LogP contribution in [0.1, 0.15) is 17.2 Å². The second-order valence-corrected chi connectivity index (χ2v) is 4.43. The molecule has 0 radical (unpaired) electrons. The first-order chi connectivity index (χ1) is 8.15. The first-order valence-corrected chi connectivity index (χ1v) is 5.78. The summed E-state index contributed by atoms with van der Waals surface area (Å²) in [7, 11) is 0. The lowest BCUT2D eigenvalue weighted by atomic mass is 10.00. The van der Waals surface area contributed by atoms with Gasteiger partial charge < -0.3 is 5.73 Å². The summed E-state index contributed by atoms with van der Waals surface area (Å²) in [6.45, 7) is 0. The molecule has 0 amide bonds. The molecule has 0 bridgehead atoms. The van der Waals surface area contributed by atoms with E-state index in [4.69, 9.17) is 17.3 Å². The molecule has 0 spiro atoms. The molecular weight excluding hydrogens is 237 g/mol. The fraction of sp³-hybridized carbons (Fsp3) is 0.143. The second-order valence-electron chi connectivity index (χ2n) is 3.99. The van der Waals surface area contributed by atoms with E-state index < -0.39 is 0 Å². The van der Waals surface area contributed by atoms with Crippen molar-refractivity contribution >= 4 is 11.6 Å². The van der Waals surface area contributed by atoms with Crippen LogP contribution in [0.3, 0.4) is 0 Å². The molecule has 0 aliphatic heterocycles. The van der Waals surface area contributed by atoms with E-state index in [1.165, 1.54) is 12.1 Å². The third kappa shape index (κ3) is 3.29. The molecule has 3 heteroatoms. The highest BCUT2D eigenvalue weighted by atomic mass is 35.5. The van der Waals surface area contributed by atoms with Gasteiger partial charge in [0.1, 0.15) is 5.82 Å². The van der Waals surface area contributed by atoms with Gasteiger partial charge >= 0.3 is 0 Å². The Hall–Kier alpha value is -1.38. The van der Waals surface area contributed by atoms with Crippen molar-refractivity contribution in [1.82, 2.24) is 0 Å². The van der Waals surface area contributed by atoms with Gasteiger partial charge in [0.15, 0.2) is 0 Å². The summed E-state index contributed by atoms with van der Waals surface area (Å²) in [6.07, 6.45) is 0.667. The Kier molecular flexibility index (Phi) is 3.77. The molecular formula is C14H13ClFN. The molecule has 0 saturated heterocycles. The van der Waals surface area contributed by atoms with Gasteiger partial charge in [0.25, 0.3) is 0 Å². The van der Waals surface area contributed by atoms with Crippen molar-refractivity contribution < 1.29 is 4.39 Å². The average Bonchev–Trinajstić information content (AvgIpc) is 2.32. The first kappa shape index (κ1) is 12.1. The van der Waals surface area contributed by atoms with Crippen molar-refractivity contribution in [2.45, 2.75) is 12.5 Å². The standard InChI is InChI=1S/C14H13ClFN/c15-12-6-4-10(5-7-12)8-14(17)11-2-1-3-13(16)9-11/h1-7,9,14H,8,17H2. The SMILES string of the molecule is NC(Cc1ccc(Cl)cc1)c1cccc(F)c1. The van der Waals surface area contributed by atoms with Crippen molar-refractivity contribution in [1.29, 1.82) is 0 Å². The normalized spacial score (nSPS) is 12.4. The van der Waals surface area contributed by atoms with Gasteiger partial charge in [0, 0.05) is 11.1 Å². The Labute approximate surface area is 105 Å². The molecule has 0 aliphatic rings. The summed E-state index contributed by atoms with van der Waals surface area (Å²) in [5.74, 6) is -0.256. The summed E-state index contributed by atoms with van der Waals surface area (Å²) in [6, 6.07) is 13.7. The van der Waals surface area contributed by atoms with Crippen LogP contribution < -0.4 is 5.73 Å². The van der Waals surface area contributed by atoms with Crippen molar-refractivity contribution in [2.75, 3.05) is 0 Å². The molecule has 0 aliphatic carbocycles. The summed E-state index contributed by atoms with van der Waals surface area (Å²) in [5.41, 5.74) is 7.93. The number of hydrogen-bond acceptors (Lipinski definition) is 1. The van der Waals surface area contributed by atoms with Crippen LogP contribution in [0.25, 0.3) is 0 Å². The van der Waals surface area contributed by atoms with Crippen LogP contribution in [-0.2, 0) is 6.42 Å². The van der Waals surface area contributed by atoms with E-state index >= 15 is 0 Å². The van der Waals surface area contributed by atoms with Crippen LogP contribution in [0.15, 0.2) is 48.5 Å². The minimum absolute atomic E-state index is 0.202. The Morgan fingerprint density at radius 1 is 1.12 bits per heavy atom. The number of hydrogen-bond donors (Lipinski definition) is 1. The van der Waals surface area contributed by atoms with Crippen LogP contribution in [0.5, 0.6) is 0 Å². The summed E-state index contributed by atoms with van der Waals surface area (Å²) in [5, 5.41) is 0.702. The molecule has 1 unspecified atom stereocenters. The van der Waals surface area contributed by atoms with Crippen molar-refractivity contribution in [2.24, 2.45) is 5.73 Å². The van der Waals surface area contributed by atoms with Crippen LogP contribution >= 0.6 is 11.6 Å². The lowest BCUT2D eigenvalue weighted by Gasteiger charge is -2.12. The molecule has 2 N–H and O–H groups in total. The maximum atomic E-state index is 13.0. The van der Waals surface area contributed by atoms with Crippen molar-refractivity contribution in [3.63, 3.8) is 0 Å². The molecule has 1 atom stereocenters. The highest BCUT2D eigenvalue weighted by Crippen LogP contribution is 2.18. The molecule has 2 rings (SSSR count). The van der Waals surface area contributed by atoms with Crippen LogP contribution in [0.4, 0.5) is 4.39 Å². The van der Waals surface area contributed by atoms with Gasteiger partial charge in [-0.1, -0.05) is 35.9 Å². The topological polar surface area (TPSA) is 26.0 Å². The van der Waals surface area contributed by atoms with E-state index in [1.807, 2.05) is 30.3 Å². The van der Waals surface area contributed by atoms with Gasteiger partial charge in [-0.2, -0.15) is 0 Å². The monoisotopic (exact) mass is 249 g/mol. The summed E-state index contributed by atoms with van der Waals surface area (Å²) in [4.78, 5) is 0. The Morgan fingerprint density at radius 3 is 2.47 bits per heavy atom. The molecule has 0 aromatic heterocycles. The zero-order valence-corrected chi connectivity index (χ0v) is 9.99. The number of nitrogens with two attached hydrogens (primary N) is 1. The van der Waals surface area contributed by atoms with Crippen LogP contribution in [0, 0.1) is 5.82 Å². The van der Waals surface area contributed by atoms with E-state index in [0.717, 1.165) is 11.1 Å². The van der Waals surface area contributed by atoms with E-state index in [0.29, 0.717) is 11.4 Å². The van der Waals surface area contributed by atoms with Crippen LogP contribution in [-0.4, -0.2) is 0 Å². The molecule has 2 aromatic rings. The Bertz CT molecular complexity index is 496. The second kappa shape index (κ2) is 5.30. The van der Waals surface area contributed by atoms with Gasteiger partial charge in [-0.25, -0.2) is 4.39 Å². The zero-order valence-electron chi connectivity index (χ0n) is 9.24. The predicted octanol–water partition coefficient (Wildman–Crippen LogP) is 3.72. The average molecular weight is 250 g/mol. The minimum atomic E-state index is -0.256. The van der Waals surface area contributed by atoms with Gasteiger partial charge in [-0.3, -0.25) is 0 Å². The first-order valence-electron chi connectivity index (χ1n) is 5.40. The molecule has 0 fully saturated rings. The number of benzene rings is 2. The number of halogens is 2. The zero-order chi connectivity index (χ0) is 12.3. The van der Waals surface area contributed by atoms with Crippen molar-refractivity contribution in [3.05, 3.63) is 70.5 Å². The fourth-order valence-corrected chi connectivity index (χ4v) is 1.86. The fourth-order valence-electron chi connectivity index (χ4n) is 1.73. The third-order valence-corrected chi connectivity index (χ3v) is 2.90. The molecule has 2 aromatic carbocycles. The van der Waals surface area contributed by atoms with E-state index in [2.05, 4.69) is 0 Å². The molecule has 0 saturated carbocycles.